The van der Waals surface area contributed by atoms with Gasteiger partial charge < -0.3 is 9.26 Å². The van der Waals surface area contributed by atoms with Crippen molar-refractivity contribution in [1.29, 1.82) is 0 Å². The summed E-state index contributed by atoms with van der Waals surface area (Å²) in [5, 5.41) is 15.2. The molecule has 0 amide bonds. The molecule has 0 aliphatic carbocycles. The van der Waals surface area contributed by atoms with Crippen LogP contribution in [0.4, 0.5) is 10.1 Å². The maximum absolute atomic E-state index is 14.8. The third-order valence-electron chi connectivity index (χ3n) is 4.03. The van der Waals surface area contributed by atoms with Crippen molar-refractivity contribution in [2.24, 2.45) is 0 Å². The number of ether oxygens (including phenoxy) is 1. The van der Waals surface area contributed by atoms with Crippen molar-refractivity contribution in [1.82, 2.24) is 10.1 Å². The van der Waals surface area contributed by atoms with Crippen molar-refractivity contribution >= 4 is 11.7 Å². The third kappa shape index (κ3) is 3.26. The summed E-state index contributed by atoms with van der Waals surface area (Å²) in [5.74, 6) is -0.938. The summed E-state index contributed by atoms with van der Waals surface area (Å²) in [6, 6.07) is 5.24. The molecule has 138 valence electrons. The zero-order chi connectivity index (χ0) is 19.7. The number of esters is 1. The van der Waals surface area contributed by atoms with E-state index in [1.54, 1.807) is 19.9 Å². The number of carbonyl (C=O) groups excluding carboxylic acids is 1. The van der Waals surface area contributed by atoms with Crippen LogP contribution in [0.2, 0.25) is 0 Å². The molecule has 0 unspecified atom stereocenters. The molecular weight excluding hydrogens is 357 g/mol. The van der Waals surface area contributed by atoms with Gasteiger partial charge in [0.15, 0.2) is 5.69 Å². The number of hydrogen-bond donors (Lipinski definition) is 0. The van der Waals surface area contributed by atoms with Gasteiger partial charge in [0.2, 0.25) is 0 Å². The number of aromatic nitrogens is 2. The van der Waals surface area contributed by atoms with Gasteiger partial charge in [-0.2, -0.15) is 0 Å². The molecule has 0 radical (unpaired) electrons. The number of pyridine rings is 1. The van der Waals surface area contributed by atoms with Crippen LogP contribution in [0.15, 0.2) is 35.0 Å². The first-order valence-corrected chi connectivity index (χ1v) is 7.79. The van der Waals surface area contributed by atoms with Gasteiger partial charge in [-0.1, -0.05) is 11.2 Å². The summed E-state index contributed by atoms with van der Waals surface area (Å²) in [5.41, 5.74) is 0.947. The van der Waals surface area contributed by atoms with Crippen LogP contribution >= 0.6 is 0 Å². The quantitative estimate of drug-likeness (QED) is 0.389. The van der Waals surface area contributed by atoms with Crippen LogP contribution in [0.3, 0.4) is 0 Å². The van der Waals surface area contributed by atoms with Crippen LogP contribution in [-0.2, 0) is 4.74 Å². The lowest BCUT2D eigenvalue weighted by Gasteiger charge is -2.08. The Bertz CT molecular complexity index is 1040. The minimum Gasteiger partial charge on any atom is -0.465 e. The molecule has 0 atom stereocenters. The summed E-state index contributed by atoms with van der Waals surface area (Å²) < 4.78 is 24.4. The SMILES string of the molecule is COC(=O)c1cnc(-c2ccc(-c3c(C)noc3C)cc2F)c([N+](=O)[O-])c1. The highest BCUT2D eigenvalue weighted by Crippen LogP contribution is 2.34. The second-order valence-electron chi connectivity index (χ2n) is 5.73. The molecule has 2 heterocycles. The fourth-order valence-electron chi connectivity index (χ4n) is 2.79. The largest absolute Gasteiger partial charge is 0.465 e. The van der Waals surface area contributed by atoms with Crippen LogP contribution in [0.25, 0.3) is 22.4 Å². The highest BCUT2D eigenvalue weighted by atomic mass is 19.1. The molecule has 9 heteroatoms. The Kier molecular flexibility index (Phi) is 4.68. The molecule has 8 nitrogen and oxygen atoms in total. The van der Waals surface area contributed by atoms with Crippen molar-refractivity contribution in [3.63, 3.8) is 0 Å². The molecule has 0 aliphatic heterocycles. The Labute approximate surface area is 152 Å². The lowest BCUT2D eigenvalue weighted by Crippen LogP contribution is -2.05. The van der Waals surface area contributed by atoms with Crippen LogP contribution in [0.1, 0.15) is 21.8 Å². The number of rotatable bonds is 4. The average molecular weight is 371 g/mol. The summed E-state index contributed by atoms with van der Waals surface area (Å²) in [4.78, 5) is 26.1. The molecule has 0 N–H and O–H groups in total. The predicted octanol–water partition coefficient (Wildman–Crippen LogP) is 3.85. The molecule has 0 aliphatic rings. The van der Waals surface area contributed by atoms with Gasteiger partial charge in [0.25, 0.3) is 5.69 Å². The Hall–Kier alpha value is -3.62. The fourth-order valence-corrected chi connectivity index (χ4v) is 2.79. The molecular formula is C18H14FN3O5. The van der Waals surface area contributed by atoms with Gasteiger partial charge in [-0.15, -0.1) is 0 Å². The Morgan fingerprint density at radius 2 is 2.04 bits per heavy atom. The second-order valence-corrected chi connectivity index (χ2v) is 5.73. The van der Waals surface area contributed by atoms with Crippen molar-refractivity contribution in [2.45, 2.75) is 13.8 Å². The number of benzene rings is 1. The van der Waals surface area contributed by atoms with E-state index in [1.165, 1.54) is 12.1 Å². The molecule has 2 aromatic heterocycles. The molecule has 0 bridgehead atoms. The summed E-state index contributed by atoms with van der Waals surface area (Å²) in [7, 11) is 1.15. The second kappa shape index (κ2) is 6.94. The number of carbonyl (C=O) groups is 1. The first-order valence-electron chi connectivity index (χ1n) is 7.79. The van der Waals surface area contributed by atoms with Gasteiger partial charge in [0, 0.05) is 23.4 Å². The van der Waals surface area contributed by atoms with Crippen molar-refractivity contribution in [3.8, 4) is 22.4 Å². The van der Waals surface area contributed by atoms with Crippen LogP contribution in [-0.4, -0.2) is 28.1 Å². The topological polar surface area (TPSA) is 108 Å². The number of aryl methyl sites for hydroxylation is 2. The van der Waals surface area contributed by atoms with Crippen molar-refractivity contribution < 1.29 is 23.4 Å². The van der Waals surface area contributed by atoms with Gasteiger partial charge in [0.05, 0.1) is 23.3 Å². The monoisotopic (exact) mass is 371 g/mol. The summed E-state index contributed by atoms with van der Waals surface area (Å²) in [6.45, 7) is 3.44. The van der Waals surface area contributed by atoms with Crippen LogP contribution in [0, 0.1) is 29.8 Å². The lowest BCUT2D eigenvalue weighted by molar-refractivity contribution is -0.384. The third-order valence-corrected chi connectivity index (χ3v) is 4.03. The van der Waals surface area contributed by atoms with Gasteiger partial charge in [0.1, 0.15) is 11.6 Å². The molecule has 3 aromatic rings. The Balaban J connectivity index is 2.12. The van der Waals surface area contributed by atoms with Gasteiger partial charge in [-0.05, 0) is 31.5 Å². The number of methoxy groups -OCH3 is 1. The molecule has 3 rings (SSSR count). The first kappa shape index (κ1) is 18.2. The molecule has 0 saturated carbocycles. The normalized spacial score (nSPS) is 10.7. The fraction of sp³-hybridized carbons (Fsp3) is 0.167. The molecule has 27 heavy (non-hydrogen) atoms. The van der Waals surface area contributed by atoms with Gasteiger partial charge in [-0.25, -0.2) is 14.2 Å². The number of nitro groups is 1. The maximum atomic E-state index is 14.8. The standard InChI is InChI=1S/C18H14FN3O5/c1-9-16(10(2)27-21-9)11-4-5-13(14(19)6-11)17-15(22(24)25)7-12(8-20-17)18(23)26-3/h4-8H,1-3H3. The molecule has 0 fully saturated rings. The number of hydrogen-bond acceptors (Lipinski definition) is 7. The van der Waals surface area contributed by atoms with E-state index in [1.807, 2.05) is 0 Å². The summed E-state index contributed by atoms with van der Waals surface area (Å²) >= 11 is 0. The van der Waals surface area contributed by atoms with E-state index in [-0.39, 0.29) is 16.8 Å². The van der Waals surface area contributed by atoms with Crippen molar-refractivity contribution in [3.05, 3.63) is 63.4 Å². The smallest absolute Gasteiger partial charge is 0.339 e. The van der Waals surface area contributed by atoms with E-state index in [4.69, 9.17) is 4.52 Å². The summed E-state index contributed by atoms with van der Waals surface area (Å²) in [6.07, 6.45) is 1.11. The molecule has 1 aromatic carbocycles. The van der Waals surface area contributed by atoms with Crippen molar-refractivity contribution in [2.75, 3.05) is 7.11 Å². The van der Waals surface area contributed by atoms with E-state index >= 15 is 0 Å². The zero-order valence-electron chi connectivity index (χ0n) is 14.6. The Morgan fingerprint density at radius 3 is 2.59 bits per heavy atom. The van der Waals surface area contributed by atoms with E-state index in [0.29, 0.717) is 22.6 Å². The predicted molar refractivity (Wildman–Crippen MR) is 92.6 cm³/mol. The minimum atomic E-state index is -0.772. The van der Waals surface area contributed by atoms with E-state index < -0.39 is 22.4 Å². The zero-order valence-corrected chi connectivity index (χ0v) is 14.6. The highest BCUT2D eigenvalue weighted by Gasteiger charge is 2.23. The maximum Gasteiger partial charge on any atom is 0.339 e. The van der Waals surface area contributed by atoms with E-state index in [9.17, 15) is 19.3 Å². The molecule has 0 spiro atoms. The van der Waals surface area contributed by atoms with E-state index in [2.05, 4.69) is 14.9 Å². The van der Waals surface area contributed by atoms with E-state index in [0.717, 1.165) is 19.4 Å². The minimum absolute atomic E-state index is 0.0615. The average Bonchev–Trinajstić information content (AvgIpc) is 2.99. The first-order chi connectivity index (χ1) is 12.8. The van der Waals surface area contributed by atoms with Crippen LogP contribution < -0.4 is 0 Å². The lowest BCUT2D eigenvalue weighted by atomic mass is 10.00. The van der Waals surface area contributed by atoms with Gasteiger partial charge >= 0.3 is 5.97 Å². The molecule has 0 saturated heterocycles. The highest BCUT2D eigenvalue weighted by molar-refractivity contribution is 5.91. The van der Waals surface area contributed by atoms with Crippen LogP contribution in [0.5, 0.6) is 0 Å². The number of nitrogens with zero attached hydrogens (tertiary/aromatic N) is 3. The number of halogens is 1. The Morgan fingerprint density at radius 1 is 1.30 bits per heavy atom. The van der Waals surface area contributed by atoms with Gasteiger partial charge in [-0.3, -0.25) is 10.1 Å².